The summed E-state index contributed by atoms with van der Waals surface area (Å²) in [6.07, 6.45) is 2.37. The minimum atomic E-state index is -0.611. The van der Waals surface area contributed by atoms with Gasteiger partial charge in [0.2, 0.25) is 0 Å². The van der Waals surface area contributed by atoms with Crippen LogP contribution in [0, 0.1) is 0 Å². The van der Waals surface area contributed by atoms with E-state index in [0.29, 0.717) is 29.7 Å². The first-order valence-electron chi connectivity index (χ1n) is 13.4. The lowest BCUT2D eigenvalue weighted by Gasteiger charge is -2.17. The molecule has 0 amide bonds. The molecule has 222 valence electrons. The Balaban J connectivity index is 1.73. The van der Waals surface area contributed by atoms with Crippen molar-refractivity contribution in [1.82, 2.24) is 0 Å². The molecule has 0 heterocycles. The maximum absolute atomic E-state index is 13.2. The Kier molecular flexibility index (Phi) is 11.2. The number of hydrogen-bond acceptors (Lipinski definition) is 7. The normalized spacial score (nSPS) is 10.5. The number of rotatable bonds is 12. The largest absolute Gasteiger partial charge is 0.494 e. The molecule has 0 radical (unpaired) electrons. The van der Waals surface area contributed by atoms with Crippen LogP contribution in [0.25, 0.3) is 5.57 Å². The zero-order chi connectivity index (χ0) is 30.8. The van der Waals surface area contributed by atoms with Crippen molar-refractivity contribution in [3.63, 3.8) is 0 Å². The third kappa shape index (κ3) is 7.96. The average Bonchev–Trinajstić information content (AvgIpc) is 3.03. The summed E-state index contributed by atoms with van der Waals surface area (Å²) >= 11 is 13.2. The van der Waals surface area contributed by atoms with Gasteiger partial charge in [-0.1, -0.05) is 89.9 Å². The van der Waals surface area contributed by atoms with Gasteiger partial charge in [0, 0.05) is 0 Å². The highest BCUT2D eigenvalue weighted by Gasteiger charge is 2.23. The van der Waals surface area contributed by atoms with Crippen LogP contribution in [0.3, 0.4) is 0 Å². The fraction of sp³-hybridized carbons (Fsp3) is 0.176. The van der Waals surface area contributed by atoms with Crippen LogP contribution in [-0.2, 0) is 22.7 Å². The van der Waals surface area contributed by atoms with Crippen LogP contribution >= 0.6 is 23.2 Å². The van der Waals surface area contributed by atoms with Crippen molar-refractivity contribution >= 4 is 40.7 Å². The van der Waals surface area contributed by atoms with Crippen molar-refractivity contribution in [1.29, 1.82) is 0 Å². The van der Waals surface area contributed by atoms with Gasteiger partial charge in [0.15, 0.2) is 11.5 Å². The molecule has 0 atom stereocenters. The molecule has 43 heavy (non-hydrogen) atoms. The first-order chi connectivity index (χ1) is 20.9. The number of carbonyl (C=O) groups excluding carboxylic acids is 2. The Morgan fingerprint density at radius 2 is 1.12 bits per heavy atom. The van der Waals surface area contributed by atoms with Gasteiger partial charge in [-0.3, -0.25) is 0 Å². The van der Waals surface area contributed by atoms with Crippen LogP contribution in [0.2, 0.25) is 10.0 Å². The van der Waals surface area contributed by atoms with Gasteiger partial charge in [-0.25, -0.2) is 9.59 Å². The van der Waals surface area contributed by atoms with Crippen LogP contribution in [0.4, 0.5) is 0 Å². The highest BCUT2D eigenvalue weighted by molar-refractivity contribution is 6.33. The molecule has 7 nitrogen and oxygen atoms in total. The van der Waals surface area contributed by atoms with Crippen molar-refractivity contribution in [2.75, 3.05) is 20.8 Å². The van der Waals surface area contributed by atoms with E-state index in [0.717, 1.165) is 11.1 Å². The average molecular weight is 621 g/mol. The summed E-state index contributed by atoms with van der Waals surface area (Å²) in [7, 11) is 2.85. The number of halogens is 2. The zero-order valence-corrected chi connectivity index (χ0v) is 25.3. The van der Waals surface area contributed by atoms with Gasteiger partial charge in [0.25, 0.3) is 0 Å². The quantitative estimate of drug-likeness (QED) is 0.164. The lowest BCUT2D eigenvalue weighted by molar-refractivity contribution is 0.0460. The second-order valence-corrected chi connectivity index (χ2v) is 10.2. The molecule has 0 saturated carbocycles. The Labute approximate surface area is 260 Å². The summed E-state index contributed by atoms with van der Waals surface area (Å²) in [5.74, 6) is -0.861. The fourth-order valence-electron chi connectivity index (χ4n) is 4.45. The number of nitrogens with two attached hydrogens (primary N) is 1. The smallest absolute Gasteiger partial charge is 0.342 e. The molecule has 0 fully saturated rings. The Morgan fingerprint density at radius 1 is 0.698 bits per heavy atom. The SMILES string of the molecule is COc1c(Cl)cc(C(=CCCN)c2cc(Cl)c(OC)c(C(=O)OCc3ccccc3)c2)cc1C(=O)OCc1ccccc1. The minimum absolute atomic E-state index is 0.0725. The lowest BCUT2D eigenvalue weighted by atomic mass is 9.93. The maximum Gasteiger partial charge on any atom is 0.342 e. The van der Waals surface area contributed by atoms with E-state index in [9.17, 15) is 9.59 Å². The van der Waals surface area contributed by atoms with Gasteiger partial charge in [-0.2, -0.15) is 0 Å². The van der Waals surface area contributed by atoms with Gasteiger partial charge >= 0.3 is 11.9 Å². The van der Waals surface area contributed by atoms with E-state index >= 15 is 0 Å². The third-order valence-corrected chi connectivity index (χ3v) is 7.06. The molecule has 0 unspecified atom stereocenters. The summed E-state index contributed by atoms with van der Waals surface area (Å²) in [5, 5.41) is 0.403. The summed E-state index contributed by atoms with van der Waals surface area (Å²) in [6.45, 7) is 0.501. The summed E-state index contributed by atoms with van der Waals surface area (Å²) in [5.41, 5.74) is 9.56. The molecule has 4 aromatic carbocycles. The van der Waals surface area contributed by atoms with Gasteiger partial charge < -0.3 is 24.7 Å². The minimum Gasteiger partial charge on any atom is -0.494 e. The highest BCUT2D eigenvalue weighted by atomic mass is 35.5. The molecule has 0 aromatic heterocycles. The molecule has 0 aliphatic rings. The Hall–Kier alpha value is -4.30. The summed E-state index contributed by atoms with van der Waals surface area (Å²) in [4.78, 5) is 26.5. The monoisotopic (exact) mass is 619 g/mol. The molecular formula is C34H31Cl2NO6. The number of hydrogen-bond donors (Lipinski definition) is 1. The molecule has 0 spiro atoms. The predicted octanol–water partition coefficient (Wildman–Crippen LogP) is 7.51. The van der Waals surface area contributed by atoms with E-state index in [1.165, 1.54) is 14.2 Å². The molecule has 0 aliphatic heterocycles. The first-order valence-corrected chi connectivity index (χ1v) is 14.2. The van der Waals surface area contributed by atoms with E-state index in [2.05, 4.69) is 0 Å². The zero-order valence-electron chi connectivity index (χ0n) is 23.8. The lowest BCUT2D eigenvalue weighted by Crippen LogP contribution is -2.10. The van der Waals surface area contributed by atoms with Crippen LogP contribution in [0.1, 0.15) is 49.4 Å². The van der Waals surface area contributed by atoms with Crippen LogP contribution in [0.15, 0.2) is 91.0 Å². The molecule has 0 aliphatic carbocycles. The van der Waals surface area contributed by atoms with E-state index in [1.54, 1.807) is 24.3 Å². The first kappa shape index (κ1) is 31.6. The van der Waals surface area contributed by atoms with E-state index in [1.807, 2.05) is 66.7 Å². The van der Waals surface area contributed by atoms with Crippen molar-refractivity contribution in [2.45, 2.75) is 19.6 Å². The van der Waals surface area contributed by atoms with Crippen molar-refractivity contribution < 1.29 is 28.5 Å². The molecule has 2 N–H and O–H groups in total. The second-order valence-electron chi connectivity index (χ2n) is 9.40. The number of esters is 2. The third-order valence-electron chi connectivity index (χ3n) is 6.50. The predicted molar refractivity (Wildman–Crippen MR) is 168 cm³/mol. The molecule has 0 saturated heterocycles. The molecule has 9 heteroatoms. The van der Waals surface area contributed by atoms with Gasteiger partial charge in [-0.15, -0.1) is 0 Å². The summed E-state index contributed by atoms with van der Waals surface area (Å²) < 4.78 is 22.1. The molecule has 4 aromatic rings. The van der Waals surface area contributed by atoms with Crippen molar-refractivity contribution in [2.24, 2.45) is 5.73 Å². The Bertz CT molecular complexity index is 1490. The number of carbonyl (C=O) groups is 2. The van der Waals surface area contributed by atoms with Crippen molar-refractivity contribution in [3.05, 3.63) is 134 Å². The van der Waals surface area contributed by atoms with E-state index in [-0.39, 0.29) is 45.9 Å². The summed E-state index contributed by atoms with van der Waals surface area (Å²) in [6, 6.07) is 25.2. The molecular weight excluding hydrogens is 589 g/mol. The highest BCUT2D eigenvalue weighted by Crippen LogP contribution is 2.39. The molecule has 0 bridgehead atoms. The van der Waals surface area contributed by atoms with Gasteiger partial charge in [-0.05, 0) is 65.1 Å². The van der Waals surface area contributed by atoms with Crippen LogP contribution in [0.5, 0.6) is 11.5 Å². The molecule has 4 rings (SSSR count). The maximum atomic E-state index is 13.2. The Morgan fingerprint density at radius 3 is 1.49 bits per heavy atom. The van der Waals surface area contributed by atoms with Crippen LogP contribution < -0.4 is 15.2 Å². The number of benzene rings is 4. The van der Waals surface area contributed by atoms with Crippen LogP contribution in [-0.4, -0.2) is 32.7 Å². The van der Waals surface area contributed by atoms with E-state index < -0.39 is 11.9 Å². The number of ether oxygens (including phenoxy) is 4. The van der Waals surface area contributed by atoms with Gasteiger partial charge in [0.1, 0.15) is 24.3 Å². The van der Waals surface area contributed by atoms with Gasteiger partial charge in [0.05, 0.1) is 24.3 Å². The second kappa shape index (κ2) is 15.3. The fourth-order valence-corrected chi connectivity index (χ4v) is 5.04. The topological polar surface area (TPSA) is 97.1 Å². The van der Waals surface area contributed by atoms with Crippen molar-refractivity contribution in [3.8, 4) is 11.5 Å². The number of methoxy groups -OCH3 is 2. The van der Waals surface area contributed by atoms with E-state index in [4.69, 9.17) is 47.9 Å². The standard InChI is InChI=1S/C34H31Cl2NO6/c1-40-31-27(33(38)42-20-22-10-5-3-6-11-22)16-24(18-29(31)35)26(14-9-15-37)25-17-28(32(41-2)30(36)19-25)34(39)43-21-23-12-7-4-8-13-23/h3-8,10-14,16-19H,9,15,20-21,37H2,1-2H3.